The molecule has 0 radical (unpaired) electrons. The van der Waals surface area contributed by atoms with Crippen molar-refractivity contribution in [1.82, 2.24) is 0 Å². The molecule has 38 heavy (non-hydrogen) atoms. The average molecular weight is 538 g/mol. The standard InChI is InChI=1S/C27H27N3O7S/c1-17(31)28-19-9-11-20(12-10-19)29-26(32)16-30-21-6-4-5-7-24(21)38(34,35)25(15-27(30)33)18-8-13-22(36-2)23(14-18)37-3/h4-14,25H,15-16H2,1-3H3,(H,28,31)(H,29,32). The molecule has 198 valence electrons. The Morgan fingerprint density at radius 3 is 2.18 bits per heavy atom. The molecule has 1 atom stereocenters. The number of hydrogen-bond acceptors (Lipinski definition) is 7. The fraction of sp³-hybridized carbons (Fsp3) is 0.222. The van der Waals surface area contributed by atoms with Gasteiger partial charge in [-0.3, -0.25) is 14.4 Å². The zero-order valence-electron chi connectivity index (χ0n) is 21.1. The third kappa shape index (κ3) is 5.47. The molecule has 0 aliphatic carbocycles. The maximum atomic E-state index is 13.8. The molecule has 1 heterocycles. The normalized spacial score (nSPS) is 16.1. The molecule has 11 heteroatoms. The maximum absolute atomic E-state index is 13.8. The molecule has 1 aliphatic heterocycles. The van der Waals surface area contributed by atoms with Crippen LogP contribution in [0.2, 0.25) is 0 Å². The van der Waals surface area contributed by atoms with Crippen LogP contribution in [0, 0.1) is 0 Å². The van der Waals surface area contributed by atoms with Crippen molar-refractivity contribution in [1.29, 1.82) is 0 Å². The molecular weight excluding hydrogens is 510 g/mol. The Balaban J connectivity index is 1.63. The Bertz CT molecular complexity index is 1490. The number of hydrogen-bond donors (Lipinski definition) is 2. The number of sulfone groups is 1. The number of ether oxygens (including phenoxy) is 2. The zero-order valence-corrected chi connectivity index (χ0v) is 21.9. The van der Waals surface area contributed by atoms with Crippen LogP contribution < -0.4 is 25.0 Å². The van der Waals surface area contributed by atoms with Gasteiger partial charge in [-0.1, -0.05) is 18.2 Å². The van der Waals surface area contributed by atoms with Gasteiger partial charge in [-0.25, -0.2) is 8.42 Å². The Morgan fingerprint density at radius 2 is 1.55 bits per heavy atom. The lowest BCUT2D eigenvalue weighted by atomic mass is 10.1. The minimum Gasteiger partial charge on any atom is -0.493 e. The molecule has 0 spiro atoms. The molecule has 0 fully saturated rings. The van der Waals surface area contributed by atoms with Gasteiger partial charge in [0.25, 0.3) is 0 Å². The number of para-hydroxylation sites is 1. The fourth-order valence-electron chi connectivity index (χ4n) is 4.29. The number of rotatable bonds is 7. The van der Waals surface area contributed by atoms with Gasteiger partial charge < -0.3 is 25.0 Å². The number of anilines is 3. The molecular formula is C27H27N3O7S. The summed E-state index contributed by atoms with van der Waals surface area (Å²) in [6, 6.07) is 17.3. The van der Waals surface area contributed by atoms with E-state index < -0.39 is 33.4 Å². The van der Waals surface area contributed by atoms with Crippen LogP contribution in [0.25, 0.3) is 0 Å². The lowest BCUT2D eigenvalue weighted by Gasteiger charge is -2.22. The lowest BCUT2D eigenvalue weighted by molar-refractivity contribution is -0.121. The number of benzene rings is 3. The van der Waals surface area contributed by atoms with Crippen molar-refractivity contribution in [3.63, 3.8) is 0 Å². The van der Waals surface area contributed by atoms with Gasteiger partial charge in [-0.05, 0) is 54.1 Å². The van der Waals surface area contributed by atoms with Crippen molar-refractivity contribution in [3.8, 4) is 11.5 Å². The summed E-state index contributed by atoms with van der Waals surface area (Å²) >= 11 is 0. The molecule has 4 rings (SSSR count). The van der Waals surface area contributed by atoms with E-state index in [2.05, 4.69) is 10.6 Å². The predicted octanol–water partition coefficient (Wildman–Crippen LogP) is 3.55. The van der Waals surface area contributed by atoms with Crippen molar-refractivity contribution >= 4 is 44.6 Å². The van der Waals surface area contributed by atoms with Crippen LogP contribution >= 0.6 is 0 Å². The van der Waals surface area contributed by atoms with E-state index in [1.807, 2.05) is 0 Å². The van der Waals surface area contributed by atoms with Crippen molar-refractivity contribution in [3.05, 3.63) is 72.3 Å². The smallest absolute Gasteiger partial charge is 0.244 e. The summed E-state index contributed by atoms with van der Waals surface area (Å²) in [6.45, 7) is 0.999. The molecule has 3 aromatic rings. The van der Waals surface area contributed by atoms with E-state index >= 15 is 0 Å². The highest BCUT2D eigenvalue weighted by Crippen LogP contribution is 2.42. The van der Waals surface area contributed by atoms with Gasteiger partial charge in [0.15, 0.2) is 21.3 Å². The molecule has 2 N–H and O–H groups in total. The summed E-state index contributed by atoms with van der Waals surface area (Å²) in [4.78, 5) is 38.7. The molecule has 10 nitrogen and oxygen atoms in total. The number of carbonyl (C=O) groups excluding carboxylic acids is 3. The van der Waals surface area contributed by atoms with Crippen molar-refractivity contribution < 1.29 is 32.3 Å². The monoisotopic (exact) mass is 537 g/mol. The molecule has 0 saturated carbocycles. The van der Waals surface area contributed by atoms with Crippen LogP contribution in [0.5, 0.6) is 11.5 Å². The predicted molar refractivity (Wildman–Crippen MR) is 142 cm³/mol. The zero-order chi connectivity index (χ0) is 27.4. The van der Waals surface area contributed by atoms with E-state index in [1.54, 1.807) is 54.6 Å². The van der Waals surface area contributed by atoms with Crippen LogP contribution in [0.4, 0.5) is 17.1 Å². The Hall–Kier alpha value is -4.38. The van der Waals surface area contributed by atoms with E-state index in [9.17, 15) is 22.8 Å². The quantitative estimate of drug-likeness (QED) is 0.471. The van der Waals surface area contributed by atoms with Gasteiger partial charge in [-0.15, -0.1) is 0 Å². The van der Waals surface area contributed by atoms with Crippen molar-refractivity contribution in [2.24, 2.45) is 0 Å². The molecule has 0 aromatic heterocycles. The highest BCUT2D eigenvalue weighted by molar-refractivity contribution is 7.92. The molecule has 3 aromatic carbocycles. The largest absolute Gasteiger partial charge is 0.493 e. The molecule has 3 amide bonds. The highest BCUT2D eigenvalue weighted by atomic mass is 32.2. The van der Waals surface area contributed by atoms with Gasteiger partial charge >= 0.3 is 0 Å². The summed E-state index contributed by atoms with van der Waals surface area (Å²) in [6.07, 6.45) is -0.370. The van der Waals surface area contributed by atoms with Crippen molar-refractivity contribution in [2.45, 2.75) is 23.5 Å². The second kappa shape index (κ2) is 10.9. The molecule has 0 saturated heterocycles. The molecule has 0 bridgehead atoms. The average Bonchev–Trinajstić information content (AvgIpc) is 2.97. The first-order valence-corrected chi connectivity index (χ1v) is 13.2. The number of amides is 3. The number of methoxy groups -OCH3 is 2. The molecule has 1 unspecified atom stereocenters. The first-order valence-electron chi connectivity index (χ1n) is 11.7. The summed E-state index contributed by atoms with van der Waals surface area (Å²) in [7, 11) is -1.10. The second-order valence-electron chi connectivity index (χ2n) is 8.61. The summed E-state index contributed by atoms with van der Waals surface area (Å²) in [5.74, 6) is -0.485. The van der Waals surface area contributed by atoms with Crippen LogP contribution in [0.1, 0.15) is 24.2 Å². The summed E-state index contributed by atoms with van der Waals surface area (Å²) in [5, 5.41) is 4.16. The van der Waals surface area contributed by atoms with Crippen LogP contribution in [-0.2, 0) is 24.2 Å². The van der Waals surface area contributed by atoms with Gasteiger partial charge in [0.05, 0.1) is 30.1 Å². The van der Waals surface area contributed by atoms with Gasteiger partial charge in [0, 0.05) is 24.7 Å². The first kappa shape index (κ1) is 26.7. The van der Waals surface area contributed by atoms with E-state index in [0.717, 1.165) is 0 Å². The Morgan fingerprint density at radius 1 is 0.921 bits per heavy atom. The minimum absolute atomic E-state index is 0.0434. The number of nitrogens with zero attached hydrogens (tertiary/aromatic N) is 1. The van der Waals surface area contributed by atoms with E-state index in [4.69, 9.17) is 9.47 Å². The third-order valence-electron chi connectivity index (χ3n) is 6.07. The van der Waals surface area contributed by atoms with E-state index in [1.165, 1.54) is 38.2 Å². The van der Waals surface area contributed by atoms with Crippen LogP contribution in [0.3, 0.4) is 0 Å². The Labute approximate surface area is 220 Å². The van der Waals surface area contributed by atoms with Crippen molar-refractivity contribution in [2.75, 3.05) is 36.3 Å². The topological polar surface area (TPSA) is 131 Å². The minimum atomic E-state index is -4.02. The van der Waals surface area contributed by atoms with E-state index in [0.29, 0.717) is 28.4 Å². The number of carbonyl (C=O) groups is 3. The van der Waals surface area contributed by atoms with Gasteiger partial charge in [0.2, 0.25) is 17.7 Å². The SMILES string of the molecule is COc1ccc(C2CC(=O)N(CC(=O)Nc3ccc(NC(C)=O)cc3)c3ccccc3S2(=O)=O)cc1OC. The third-order valence-corrected chi connectivity index (χ3v) is 8.21. The fourth-order valence-corrected chi connectivity index (χ4v) is 6.21. The maximum Gasteiger partial charge on any atom is 0.244 e. The summed E-state index contributed by atoms with van der Waals surface area (Å²) in [5.41, 5.74) is 1.53. The number of fused-ring (bicyclic) bond motifs is 1. The van der Waals surface area contributed by atoms with Crippen LogP contribution in [0.15, 0.2) is 71.6 Å². The lowest BCUT2D eigenvalue weighted by Crippen LogP contribution is -2.38. The van der Waals surface area contributed by atoms with Gasteiger partial charge in [-0.2, -0.15) is 0 Å². The highest BCUT2D eigenvalue weighted by Gasteiger charge is 2.40. The second-order valence-corrected chi connectivity index (χ2v) is 10.7. The van der Waals surface area contributed by atoms with E-state index in [-0.39, 0.29) is 22.9 Å². The first-order chi connectivity index (χ1) is 18.1. The Kier molecular flexibility index (Phi) is 7.67. The van der Waals surface area contributed by atoms with Crippen LogP contribution in [-0.4, -0.2) is 46.9 Å². The van der Waals surface area contributed by atoms with Gasteiger partial charge in [0.1, 0.15) is 6.54 Å². The summed E-state index contributed by atoms with van der Waals surface area (Å²) < 4.78 is 38.1. The number of nitrogens with one attached hydrogen (secondary N) is 2. The molecule has 1 aliphatic rings.